The van der Waals surface area contributed by atoms with Gasteiger partial charge in [0, 0.05) is 12.8 Å². The molecule has 0 saturated carbocycles. The molecule has 1 fully saturated rings. The number of anilines is 2. The number of nitrogens with two attached hydrogens (primary N) is 2. The Morgan fingerprint density at radius 3 is 2.31 bits per heavy atom. The minimum Gasteiger partial charge on any atom is -0.368 e. The lowest BCUT2D eigenvalue weighted by Gasteiger charge is -2.22. The van der Waals surface area contributed by atoms with Gasteiger partial charge in [-0.05, 0) is 6.42 Å². The highest BCUT2D eigenvalue weighted by molar-refractivity contribution is 5.25. The highest BCUT2D eigenvalue weighted by atomic mass is 16.7. The van der Waals surface area contributed by atoms with Crippen LogP contribution >= 0.6 is 0 Å². The summed E-state index contributed by atoms with van der Waals surface area (Å²) >= 11 is 0. The first-order valence-electron chi connectivity index (χ1n) is 5.23. The lowest BCUT2D eigenvalue weighted by molar-refractivity contribution is -0.180. The van der Waals surface area contributed by atoms with Crippen molar-refractivity contribution in [2.75, 3.05) is 24.7 Å². The zero-order valence-corrected chi connectivity index (χ0v) is 8.93. The average molecular weight is 225 g/mol. The van der Waals surface area contributed by atoms with Crippen LogP contribution in [0.25, 0.3) is 0 Å². The molecular weight excluding hydrogens is 210 g/mol. The standard InChI is InChI=1S/C9H15N5O2/c10-8-12-6(13-9(11)14-8)2-3-7-15-4-1-5-16-7/h7H,1-5H2,(H4,10,11,12,13,14). The van der Waals surface area contributed by atoms with Crippen molar-refractivity contribution in [3.63, 3.8) is 0 Å². The van der Waals surface area contributed by atoms with Crippen molar-refractivity contribution in [3.05, 3.63) is 5.82 Å². The van der Waals surface area contributed by atoms with Crippen LogP contribution in [-0.4, -0.2) is 34.5 Å². The molecule has 0 radical (unpaired) electrons. The summed E-state index contributed by atoms with van der Waals surface area (Å²) in [5, 5.41) is 0. The number of hydrogen-bond donors (Lipinski definition) is 2. The SMILES string of the molecule is Nc1nc(N)nc(CCC2OCCCO2)n1. The Bertz CT molecular complexity index is 334. The second kappa shape index (κ2) is 5.04. The largest absolute Gasteiger partial charge is 0.368 e. The molecule has 0 bridgehead atoms. The number of aryl methyl sites for hydroxylation is 1. The molecule has 0 aliphatic carbocycles. The summed E-state index contributed by atoms with van der Waals surface area (Å²) in [6.07, 6.45) is 2.08. The van der Waals surface area contributed by atoms with E-state index in [1.807, 2.05) is 0 Å². The predicted octanol–water partition coefficient (Wildman–Crippen LogP) is -0.268. The van der Waals surface area contributed by atoms with Crippen LogP contribution in [0.5, 0.6) is 0 Å². The summed E-state index contributed by atoms with van der Waals surface area (Å²) in [4.78, 5) is 11.7. The van der Waals surface area contributed by atoms with Crippen LogP contribution in [0.2, 0.25) is 0 Å². The van der Waals surface area contributed by atoms with E-state index in [1.165, 1.54) is 0 Å². The zero-order chi connectivity index (χ0) is 11.4. The van der Waals surface area contributed by atoms with Gasteiger partial charge in [-0.1, -0.05) is 0 Å². The van der Waals surface area contributed by atoms with Gasteiger partial charge < -0.3 is 20.9 Å². The summed E-state index contributed by atoms with van der Waals surface area (Å²) in [5.41, 5.74) is 10.9. The molecule has 0 spiro atoms. The van der Waals surface area contributed by atoms with E-state index < -0.39 is 0 Å². The van der Waals surface area contributed by atoms with Gasteiger partial charge in [0.2, 0.25) is 11.9 Å². The maximum Gasteiger partial charge on any atom is 0.225 e. The number of hydrogen-bond acceptors (Lipinski definition) is 7. The maximum atomic E-state index is 5.46. The van der Waals surface area contributed by atoms with Crippen molar-refractivity contribution in [2.45, 2.75) is 25.6 Å². The van der Waals surface area contributed by atoms with Gasteiger partial charge in [-0.3, -0.25) is 0 Å². The Balaban J connectivity index is 1.88. The topological polar surface area (TPSA) is 109 Å². The zero-order valence-electron chi connectivity index (χ0n) is 8.93. The molecule has 7 nitrogen and oxygen atoms in total. The molecular formula is C9H15N5O2. The molecule has 4 N–H and O–H groups in total. The lowest BCUT2D eigenvalue weighted by atomic mass is 10.2. The van der Waals surface area contributed by atoms with Gasteiger partial charge in [-0.25, -0.2) is 0 Å². The Hall–Kier alpha value is -1.47. The first-order chi connectivity index (χ1) is 7.74. The van der Waals surface area contributed by atoms with Crippen LogP contribution < -0.4 is 11.5 Å². The number of rotatable bonds is 3. The van der Waals surface area contributed by atoms with Crippen LogP contribution in [0.3, 0.4) is 0 Å². The van der Waals surface area contributed by atoms with E-state index in [0.717, 1.165) is 19.6 Å². The van der Waals surface area contributed by atoms with E-state index in [-0.39, 0.29) is 18.2 Å². The molecule has 2 heterocycles. The average Bonchev–Trinajstić information content (AvgIpc) is 2.27. The first kappa shape index (κ1) is 11.0. The normalized spacial score (nSPS) is 17.5. The monoisotopic (exact) mass is 225 g/mol. The molecule has 1 aliphatic rings. The van der Waals surface area contributed by atoms with E-state index in [2.05, 4.69) is 15.0 Å². The molecule has 1 aromatic heterocycles. The molecule has 0 unspecified atom stereocenters. The molecule has 1 saturated heterocycles. The van der Waals surface area contributed by atoms with Gasteiger partial charge >= 0.3 is 0 Å². The number of ether oxygens (including phenoxy) is 2. The number of nitrogen functional groups attached to an aromatic ring is 2. The quantitative estimate of drug-likeness (QED) is 0.728. The third-order valence-corrected chi connectivity index (χ3v) is 2.22. The fourth-order valence-corrected chi connectivity index (χ4v) is 1.52. The molecule has 0 amide bonds. The van der Waals surface area contributed by atoms with Crippen molar-refractivity contribution >= 4 is 11.9 Å². The fraction of sp³-hybridized carbons (Fsp3) is 0.667. The summed E-state index contributed by atoms with van der Waals surface area (Å²) in [5.74, 6) is 0.865. The lowest BCUT2D eigenvalue weighted by Crippen LogP contribution is -2.25. The van der Waals surface area contributed by atoms with Crippen LogP contribution in [0.4, 0.5) is 11.9 Å². The van der Waals surface area contributed by atoms with Crippen LogP contribution in [-0.2, 0) is 15.9 Å². The highest BCUT2D eigenvalue weighted by Crippen LogP contribution is 2.11. The molecule has 0 aromatic carbocycles. The Kier molecular flexibility index (Phi) is 3.47. The van der Waals surface area contributed by atoms with E-state index >= 15 is 0 Å². The van der Waals surface area contributed by atoms with E-state index in [9.17, 15) is 0 Å². The summed E-state index contributed by atoms with van der Waals surface area (Å²) in [7, 11) is 0. The molecule has 1 aliphatic heterocycles. The predicted molar refractivity (Wildman–Crippen MR) is 57.3 cm³/mol. The summed E-state index contributed by atoms with van der Waals surface area (Å²) in [6.45, 7) is 1.48. The number of nitrogens with zero attached hydrogens (tertiary/aromatic N) is 3. The van der Waals surface area contributed by atoms with Gasteiger partial charge in [0.05, 0.1) is 13.2 Å². The van der Waals surface area contributed by atoms with Crippen molar-refractivity contribution in [1.29, 1.82) is 0 Å². The maximum absolute atomic E-state index is 5.46. The van der Waals surface area contributed by atoms with Gasteiger partial charge in [0.15, 0.2) is 6.29 Å². The molecule has 1 aromatic rings. The molecule has 7 heteroatoms. The Morgan fingerprint density at radius 2 is 1.69 bits per heavy atom. The minimum atomic E-state index is -0.173. The summed E-state index contributed by atoms with van der Waals surface area (Å²) in [6, 6.07) is 0. The third-order valence-electron chi connectivity index (χ3n) is 2.22. The van der Waals surface area contributed by atoms with Crippen molar-refractivity contribution < 1.29 is 9.47 Å². The smallest absolute Gasteiger partial charge is 0.225 e. The van der Waals surface area contributed by atoms with Crippen LogP contribution in [0, 0.1) is 0 Å². The van der Waals surface area contributed by atoms with Crippen molar-refractivity contribution in [1.82, 2.24) is 15.0 Å². The van der Waals surface area contributed by atoms with Crippen molar-refractivity contribution in [3.8, 4) is 0 Å². The molecule has 0 atom stereocenters. The first-order valence-corrected chi connectivity index (χ1v) is 5.23. The van der Waals surface area contributed by atoms with Crippen LogP contribution in [0.15, 0.2) is 0 Å². The van der Waals surface area contributed by atoms with Gasteiger partial charge in [-0.2, -0.15) is 15.0 Å². The van der Waals surface area contributed by atoms with Crippen LogP contribution in [0.1, 0.15) is 18.7 Å². The third kappa shape index (κ3) is 3.01. The van der Waals surface area contributed by atoms with E-state index in [4.69, 9.17) is 20.9 Å². The molecule has 2 rings (SSSR count). The highest BCUT2D eigenvalue weighted by Gasteiger charge is 2.14. The Morgan fingerprint density at radius 1 is 1.06 bits per heavy atom. The van der Waals surface area contributed by atoms with E-state index in [1.54, 1.807) is 0 Å². The summed E-state index contributed by atoms with van der Waals surface area (Å²) < 4.78 is 10.8. The van der Waals surface area contributed by atoms with E-state index in [0.29, 0.717) is 18.7 Å². The molecule has 16 heavy (non-hydrogen) atoms. The van der Waals surface area contributed by atoms with Gasteiger partial charge in [-0.15, -0.1) is 0 Å². The molecule has 88 valence electrons. The second-order valence-corrected chi connectivity index (χ2v) is 3.53. The Labute approximate surface area is 93.2 Å². The van der Waals surface area contributed by atoms with Crippen molar-refractivity contribution in [2.24, 2.45) is 0 Å². The fourth-order valence-electron chi connectivity index (χ4n) is 1.52. The number of aromatic nitrogens is 3. The van der Waals surface area contributed by atoms with Gasteiger partial charge in [0.25, 0.3) is 0 Å². The van der Waals surface area contributed by atoms with Gasteiger partial charge in [0.1, 0.15) is 5.82 Å². The second-order valence-electron chi connectivity index (χ2n) is 3.53. The minimum absolute atomic E-state index is 0.146.